The summed E-state index contributed by atoms with van der Waals surface area (Å²) in [5.41, 5.74) is 5.05. The van der Waals surface area contributed by atoms with Crippen molar-refractivity contribution in [2.45, 2.75) is 44.7 Å². The Balaban J connectivity index is 1.53. The highest BCUT2D eigenvalue weighted by molar-refractivity contribution is 5.82. The number of hydrogen-bond acceptors (Lipinski definition) is 1. The van der Waals surface area contributed by atoms with Crippen LogP contribution in [0.3, 0.4) is 0 Å². The number of benzene rings is 2. The molecule has 2 unspecified atom stereocenters. The van der Waals surface area contributed by atoms with Crippen LogP contribution in [0.2, 0.25) is 0 Å². The number of nitrogens with zero attached hydrogens (tertiary/aromatic N) is 1. The van der Waals surface area contributed by atoms with Gasteiger partial charge in [0.15, 0.2) is 0 Å². The van der Waals surface area contributed by atoms with Gasteiger partial charge in [0, 0.05) is 6.04 Å². The van der Waals surface area contributed by atoms with Crippen LogP contribution in [0.1, 0.15) is 36.0 Å². The van der Waals surface area contributed by atoms with Gasteiger partial charge >= 0.3 is 0 Å². The van der Waals surface area contributed by atoms with Crippen LogP contribution < -0.4 is 0 Å². The molecule has 2 aromatic rings. The van der Waals surface area contributed by atoms with E-state index in [9.17, 15) is 4.79 Å². The minimum absolute atomic E-state index is 0.274. The first-order chi connectivity index (χ1) is 11.7. The number of aryl methyl sites for hydroxylation is 1. The minimum atomic E-state index is 0.274. The molecule has 1 fully saturated rings. The average Bonchev–Trinajstić information content (AvgIpc) is 2.86. The van der Waals surface area contributed by atoms with Crippen molar-refractivity contribution in [3.8, 4) is 0 Å². The molecule has 2 heterocycles. The van der Waals surface area contributed by atoms with Crippen LogP contribution in [0.4, 0.5) is 0 Å². The van der Waals surface area contributed by atoms with Crippen molar-refractivity contribution in [2.75, 3.05) is 0 Å². The van der Waals surface area contributed by atoms with Crippen molar-refractivity contribution < 1.29 is 4.79 Å². The largest absolute Gasteiger partial charge is 0.333 e. The Morgan fingerprint density at radius 3 is 2.67 bits per heavy atom. The molecule has 2 aromatic carbocycles. The standard InChI is InChI=1S/C22H23NO/c1-16-6-5-7-17(12-16)13-22(24)23-20-10-11-21(23)15-19(14-20)18-8-3-2-4-9-18/h2-9,12,14,20-21H,10-11,13,15H2,1H3. The van der Waals surface area contributed by atoms with Crippen LogP contribution in [0.5, 0.6) is 0 Å². The third-order valence-electron chi connectivity index (χ3n) is 5.27. The van der Waals surface area contributed by atoms with E-state index >= 15 is 0 Å². The van der Waals surface area contributed by atoms with Gasteiger partial charge in [-0.2, -0.15) is 0 Å². The maximum absolute atomic E-state index is 12.9. The molecule has 1 amide bonds. The summed E-state index contributed by atoms with van der Waals surface area (Å²) < 4.78 is 0. The lowest BCUT2D eigenvalue weighted by atomic mass is 9.94. The fourth-order valence-corrected chi connectivity index (χ4v) is 4.17. The van der Waals surface area contributed by atoms with Gasteiger partial charge in [-0.3, -0.25) is 4.79 Å². The highest BCUT2D eigenvalue weighted by Gasteiger charge is 2.39. The van der Waals surface area contributed by atoms with E-state index in [4.69, 9.17) is 0 Å². The molecular formula is C22H23NO. The van der Waals surface area contributed by atoms with Crippen LogP contribution in [-0.4, -0.2) is 22.9 Å². The van der Waals surface area contributed by atoms with E-state index in [1.54, 1.807) is 0 Å². The Bertz CT molecular complexity index is 778. The lowest BCUT2D eigenvalue weighted by Crippen LogP contribution is -2.43. The van der Waals surface area contributed by atoms with Crippen LogP contribution in [0, 0.1) is 6.92 Å². The SMILES string of the molecule is Cc1cccc(CC(=O)N2C3C=C(c4ccccc4)CC2CC3)c1. The first kappa shape index (κ1) is 15.2. The van der Waals surface area contributed by atoms with Gasteiger partial charge in [0.05, 0.1) is 12.5 Å². The molecule has 2 nitrogen and oxygen atoms in total. The van der Waals surface area contributed by atoms with Crippen molar-refractivity contribution in [3.63, 3.8) is 0 Å². The molecule has 2 aliphatic rings. The molecule has 122 valence electrons. The van der Waals surface area contributed by atoms with Gasteiger partial charge in [-0.05, 0) is 42.9 Å². The summed E-state index contributed by atoms with van der Waals surface area (Å²) in [5, 5.41) is 0. The topological polar surface area (TPSA) is 20.3 Å². The summed E-state index contributed by atoms with van der Waals surface area (Å²) in [6.45, 7) is 2.08. The Hall–Kier alpha value is -2.35. The van der Waals surface area contributed by atoms with Gasteiger partial charge in [-0.15, -0.1) is 0 Å². The Kier molecular flexibility index (Phi) is 3.97. The monoisotopic (exact) mass is 317 g/mol. The summed E-state index contributed by atoms with van der Waals surface area (Å²) in [6, 6.07) is 19.5. The second-order valence-electron chi connectivity index (χ2n) is 7.03. The molecule has 2 bridgehead atoms. The highest BCUT2D eigenvalue weighted by atomic mass is 16.2. The average molecular weight is 317 g/mol. The number of amides is 1. The quantitative estimate of drug-likeness (QED) is 0.822. The number of fused-ring (bicyclic) bond motifs is 2. The highest BCUT2D eigenvalue weighted by Crippen LogP contribution is 2.38. The van der Waals surface area contributed by atoms with Gasteiger partial charge in [-0.25, -0.2) is 0 Å². The van der Waals surface area contributed by atoms with Gasteiger partial charge in [0.1, 0.15) is 0 Å². The van der Waals surface area contributed by atoms with Crippen LogP contribution in [-0.2, 0) is 11.2 Å². The van der Waals surface area contributed by atoms with Crippen molar-refractivity contribution in [2.24, 2.45) is 0 Å². The van der Waals surface area contributed by atoms with Crippen molar-refractivity contribution >= 4 is 11.5 Å². The zero-order chi connectivity index (χ0) is 16.5. The molecule has 2 aliphatic heterocycles. The zero-order valence-corrected chi connectivity index (χ0v) is 14.1. The molecule has 0 aromatic heterocycles. The lowest BCUT2D eigenvalue weighted by Gasteiger charge is -2.34. The Labute approximate surface area is 143 Å². The summed E-state index contributed by atoms with van der Waals surface area (Å²) in [6.07, 6.45) is 6.05. The summed E-state index contributed by atoms with van der Waals surface area (Å²) >= 11 is 0. The van der Waals surface area contributed by atoms with Crippen molar-refractivity contribution in [3.05, 3.63) is 77.4 Å². The van der Waals surface area contributed by atoms with Crippen LogP contribution >= 0.6 is 0 Å². The fourth-order valence-electron chi connectivity index (χ4n) is 4.17. The molecule has 1 saturated heterocycles. The number of carbonyl (C=O) groups excluding carboxylic acids is 1. The van der Waals surface area contributed by atoms with Crippen molar-refractivity contribution in [1.29, 1.82) is 0 Å². The maximum Gasteiger partial charge on any atom is 0.227 e. The first-order valence-corrected chi connectivity index (χ1v) is 8.83. The molecule has 2 atom stereocenters. The zero-order valence-electron chi connectivity index (χ0n) is 14.1. The van der Waals surface area contributed by atoms with E-state index in [1.807, 2.05) is 6.07 Å². The molecule has 2 heteroatoms. The summed E-state index contributed by atoms with van der Waals surface area (Å²) in [5.74, 6) is 0.275. The fraction of sp³-hybridized carbons (Fsp3) is 0.318. The van der Waals surface area contributed by atoms with Gasteiger partial charge in [0.2, 0.25) is 5.91 Å². The third-order valence-corrected chi connectivity index (χ3v) is 5.27. The van der Waals surface area contributed by atoms with Gasteiger partial charge < -0.3 is 4.90 Å². The van der Waals surface area contributed by atoms with E-state index in [-0.39, 0.29) is 11.9 Å². The predicted octanol–water partition coefficient (Wildman–Crippen LogP) is 4.38. The number of hydrogen-bond donors (Lipinski definition) is 0. The van der Waals surface area contributed by atoms with Crippen LogP contribution in [0.25, 0.3) is 5.57 Å². The van der Waals surface area contributed by atoms with E-state index < -0.39 is 0 Å². The summed E-state index contributed by atoms with van der Waals surface area (Å²) in [7, 11) is 0. The molecule has 0 saturated carbocycles. The number of carbonyl (C=O) groups is 1. The molecule has 0 aliphatic carbocycles. The smallest absolute Gasteiger partial charge is 0.227 e. The normalized spacial score (nSPS) is 22.4. The predicted molar refractivity (Wildman–Crippen MR) is 97.6 cm³/mol. The Morgan fingerprint density at radius 1 is 1.08 bits per heavy atom. The molecule has 0 spiro atoms. The number of rotatable bonds is 3. The van der Waals surface area contributed by atoms with Gasteiger partial charge in [0.25, 0.3) is 0 Å². The molecule has 24 heavy (non-hydrogen) atoms. The molecular weight excluding hydrogens is 294 g/mol. The molecule has 0 N–H and O–H groups in total. The third kappa shape index (κ3) is 2.89. The van der Waals surface area contributed by atoms with E-state index in [0.717, 1.165) is 24.8 Å². The van der Waals surface area contributed by atoms with Gasteiger partial charge in [-0.1, -0.05) is 66.2 Å². The van der Waals surface area contributed by atoms with Crippen LogP contribution in [0.15, 0.2) is 60.7 Å². The second-order valence-corrected chi connectivity index (χ2v) is 7.03. The van der Waals surface area contributed by atoms with Crippen molar-refractivity contribution in [1.82, 2.24) is 4.90 Å². The first-order valence-electron chi connectivity index (χ1n) is 8.83. The van der Waals surface area contributed by atoms with E-state index in [1.165, 1.54) is 16.7 Å². The lowest BCUT2D eigenvalue weighted by molar-refractivity contribution is -0.132. The molecule has 0 radical (unpaired) electrons. The second kappa shape index (κ2) is 6.27. The summed E-state index contributed by atoms with van der Waals surface area (Å²) in [4.78, 5) is 15.0. The Morgan fingerprint density at radius 2 is 1.92 bits per heavy atom. The minimum Gasteiger partial charge on any atom is -0.333 e. The maximum atomic E-state index is 12.9. The van der Waals surface area contributed by atoms with E-state index in [2.05, 4.69) is 66.4 Å². The molecule has 4 rings (SSSR count). The van der Waals surface area contributed by atoms with E-state index in [0.29, 0.717) is 12.5 Å².